The molecule has 0 aliphatic carbocycles. The Morgan fingerprint density at radius 3 is 2.11 bits per heavy atom. The molecule has 0 unspecified atom stereocenters. The summed E-state index contributed by atoms with van der Waals surface area (Å²) in [5.74, 6) is -0.395. The molecule has 0 aliphatic heterocycles. The van der Waals surface area contributed by atoms with Crippen LogP contribution in [0.1, 0.15) is 13.3 Å². The molecule has 0 aliphatic rings. The van der Waals surface area contributed by atoms with Crippen LogP contribution in [0.5, 0.6) is 0 Å². The highest BCUT2D eigenvalue weighted by Crippen LogP contribution is 2.14. The molecule has 0 heterocycles. The minimum atomic E-state index is -2.50. The Labute approximate surface area is 116 Å². The number of carbonyl (C=O) groups is 1. The van der Waals surface area contributed by atoms with E-state index < -0.39 is 14.8 Å². The summed E-state index contributed by atoms with van der Waals surface area (Å²) in [4.78, 5) is 11.1. The van der Waals surface area contributed by atoms with Gasteiger partial charge in [-0.05, 0) is 13.3 Å². The van der Waals surface area contributed by atoms with Gasteiger partial charge in [-0.15, -0.1) is 0 Å². The van der Waals surface area contributed by atoms with Crippen molar-refractivity contribution in [2.75, 3.05) is 41.2 Å². The van der Waals surface area contributed by atoms with Crippen LogP contribution in [0.4, 0.5) is 0 Å². The van der Waals surface area contributed by atoms with Crippen LogP contribution in [-0.4, -0.2) is 55.9 Å². The molecule has 0 saturated heterocycles. The fourth-order valence-electron chi connectivity index (χ4n) is 1.37. The number of ether oxygens (including phenoxy) is 2. The molecule has 0 fully saturated rings. The normalized spacial score (nSPS) is 11.4. The topological polar surface area (TPSA) is 63.2 Å². The summed E-state index contributed by atoms with van der Waals surface area (Å²) < 4.78 is 26.1. The first kappa shape index (κ1) is 18.3. The van der Waals surface area contributed by atoms with Gasteiger partial charge >= 0.3 is 14.8 Å². The first-order valence-electron chi connectivity index (χ1n) is 6.07. The Morgan fingerprint density at radius 1 is 1.05 bits per heavy atom. The average molecular weight is 292 g/mol. The molecule has 6 nitrogen and oxygen atoms in total. The van der Waals surface area contributed by atoms with Gasteiger partial charge < -0.3 is 22.8 Å². The summed E-state index contributed by atoms with van der Waals surface area (Å²) in [6.45, 7) is 6.22. The number of rotatable bonds is 11. The van der Waals surface area contributed by atoms with Crippen molar-refractivity contribution < 1.29 is 27.5 Å². The van der Waals surface area contributed by atoms with Crippen molar-refractivity contribution in [2.45, 2.75) is 19.4 Å². The average Bonchev–Trinajstić information content (AvgIpc) is 2.42. The van der Waals surface area contributed by atoms with Crippen molar-refractivity contribution in [3.05, 3.63) is 12.2 Å². The first-order chi connectivity index (χ1) is 9.01. The van der Waals surface area contributed by atoms with Crippen molar-refractivity contribution in [1.82, 2.24) is 0 Å². The Kier molecular flexibility index (Phi) is 9.71. The maximum atomic E-state index is 11.1. The smallest absolute Gasteiger partial charge is 0.460 e. The highest BCUT2D eigenvalue weighted by molar-refractivity contribution is 6.60. The molecule has 7 heteroatoms. The SMILES string of the molecule is C=C(C)C(=O)OCCOCCC[Si](OC)(OC)OC. The summed E-state index contributed by atoms with van der Waals surface area (Å²) in [5.41, 5.74) is 0.385. The van der Waals surface area contributed by atoms with Crippen LogP contribution in [0.3, 0.4) is 0 Å². The maximum absolute atomic E-state index is 11.1. The fraction of sp³-hybridized carbons (Fsp3) is 0.750. The molecule has 0 rings (SSSR count). The van der Waals surface area contributed by atoms with Crippen molar-refractivity contribution in [3.8, 4) is 0 Å². The molecule has 0 N–H and O–H groups in total. The predicted octanol–water partition coefficient (Wildman–Crippen LogP) is 1.39. The molecular formula is C12H24O6Si. The lowest BCUT2D eigenvalue weighted by Gasteiger charge is -2.24. The van der Waals surface area contributed by atoms with Gasteiger partial charge in [-0.25, -0.2) is 4.79 Å². The van der Waals surface area contributed by atoms with Crippen LogP contribution >= 0.6 is 0 Å². The zero-order valence-corrected chi connectivity index (χ0v) is 13.2. The van der Waals surface area contributed by atoms with E-state index in [-0.39, 0.29) is 6.61 Å². The highest BCUT2D eigenvalue weighted by atomic mass is 28.4. The molecule has 0 atom stereocenters. The van der Waals surface area contributed by atoms with Crippen molar-refractivity contribution in [3.63, 3.8) is 0 Å². The Morgan fingerprint density at radius 2 is 1.63 bits per heavy atom. The second-order valence-corrected chi connectivity index (χ2v) is 7.02. The number of carbonyl (C=O) groups excluding carboxylic acids is 1. The van der Waals surface area contributed by atoms with Gasteiger partial charge in [-0.3, -0.25) is 0 Å². The van der Waals surface area contributed by atoms with Crippen molar-refractivity contribution in [1.29, 1.82) is 0 Å². The van der Waals surface area contributed by atoms with Crippen molar-refractivity contribution >= 4 is 14.8 Å². The molecular weight excluding hydrogens is 268 g/mol. The number of esters is 1. The molecule has 0 aromatic heterocycles. The third-order valence-corrected chi connectivity index (χ3v) is 5.35. The zero-order valence-electron chi connectivity index (χ0n) is 12.2. The number of hydrogen-bond donors (Lipinski definition) is 0. The standard InChI is InChI=1S/C12H24O6Si/c1-11(2)12(13)18-9-8-17-7-6-10-19(14-3,15-4)16-5/h1,6-10H2,2-5H3. The first-order valence-corrected chi connectivity index (χ1v) is 8.00. The van der Waals surface area contributed by atoms with Crippen molar-refractivity contribution in [2.24, 2.45) is 0 Å². The Balaban J connectivity index is 3.60. The quantitative estimate of drug-likeness (QED) is 0.248. The van der Waals surface area contributed by atoms with E-state index in [9.17, 15) is 4.79 Å². The van der Waals surface area contributed by atoms with Gasteiger partial charge in [0, 0.05) is 39.6 Å². The molecule has 112 valence electrons. The summed E-state index contributed by atoms with van der Waals surface area (Å²) in [7, 11) is 2.25. The Hall–Kier alpha value is -0.733. The zero-order chi connectivity index (χ0) is 14.7. The molecule has 19 heavy (non-hydrogen) atoms. The third-order valence-electron chi connectivity index (χ3n) is 2.51. The molecule has 0 aromatic rings. The minimum absolute atomic E-state index is 0.229. The van der Waals surface area contributed by atoms with E-state index in [4.69, 9.17) is 22.8 Å². The molecule has 0 bridgehead atoms. The van der Waals surface area contributed by atoms with E-state index in [0.29, 0.717) is 24.8 Å². The molecule has 0 saturated carbocycles. The van der Waals surface area contributed by atoms with E-state index >= 15 is 0 Å². The lowest BCUT2D eigenvalue weighted by molar-refractivity contribution is -0.140. The molecule has 0 spiro atoms. The number of hydrogen-bond acceptors (Lipinski definition) is 6. The summed E-state index contributed by atoms with van der Waals surface area (Å²) >= 11 is 0. The van der Waals surface area contributed by atoms with Crippen LogP contribution in [0.25, 0.3) is 0 Å². The molecule has 0 amide bonds. The van der Waals surface area contributed by atoms with Gasteiger partial charge in [0.25, 0.3) is 0 Å². The van der Waals surface area contributed by atoms with Gasteiger partial charge in [-0.2, -0.15) is 0 Å². The largest absolute Gasteiger partial charge is 0.500 e. The van der Waals surface area contributed by atoms with Gasteiger partial charge in [-0.1, -0.05) is 6.58 Å². The second-order valence-electron chi connectivity index (χ2n) is 3.93. The second kappa shape index (κ2) is 10.1. The van der Waals surface area contributed by atoms with E-state index in [0.717, 1.165) is 6.42 Å². The van der Waals surface area contributed by atoms with E-state index in [1.165, 1.54) is 0 Å². The summed E-state index contributed by atoms with van der Waals surface area (Å²) in [6.07, 6.45) is 0.760. The van der Waals surface area contributed by atoms with Crippen LogP contribution in [0.2, 0.25) is 6.04 Å². The maximum Gasteiger partial charge on any atom is 0.500 e. The lowest BCUT2D eigenvalue weighted by Crippen LogP contribution is -2.42. The van der Waals surface area contributed by atoms with Gasteiger partial charge in [0.05, 0.1) is 6.61 Å². The summed E-state index contributed by atoms with van der Waals surface area (Å²) in [5, 5.41) is 0. The van der Waals surface area contributed by atoms with Crippen LogP contribution < -0.4 is 0 Å². The molecule has 0 aromatic carbocycles. The van der Waals surface area contributed by atoms with Gasteiger partial charge in [0.2, 0.25) is 0 Å². The van der Waals surface area contributed by atoms with E-state index in [2.05, 4.69) is 6.58 Å². The minimum Gasteiger partial charge on any atom is -0.460 e. The Bertz CT molecular complexity index is 269. The monoisotopic (exact) mass is 292 g/mol. The predicted molar refractivity (Wildman–Crippen MR) is 72.8 cm³/mol. The molecule has 0 radical (unpaired) electrons. The van der Waals surface area contributed by atoms with Crippen LogP contribution in [0, 0.1) is 0 Å². The van der Waals surface area contributed by atoms with Crippen LogP contribution in [0.15, 0.2) is 12.2 Å². The van der Waals surface area contributed by atoms with E-state index in [1.54, 1.807) is 28.3 Å². The summed E-state index contributed by atoms with van der Waals surface area (Å²) in [6, 6.07) is 0.683. The van der Waals surface area contributed by atoms with Crippen LogP contribution in [-0.2, 0) is 27.5 Å². The van der Waals surface area contributed by atoms with Gasteiger partial charge in [0.1, 0.15) is 6.61 Å². The highest BCUT2D eigenvalue weighted by Gasteiger charge is 2.36. The van der Waals surface area contributed by atoms with E-state index in [1.807, 2.05) is 0 Å². The third kappa shape index (κ3) is 7.43. The lowest BCUT2D eigenvalue weighted by atomic mass is 10.4. The fourth-order valence-corrected chi connectivity index (χ4v) is 3.06. The van der Waals surface area contributed by atoms with Gasteiger partial charge in [0.15, 0.2) is 0 Å².